The van der Waals surface area contributed by atoms with Crippen molar-refractivity contribution in [3.63, 3.8) is 0 Å². The summed E-state index contributed by atoms with van der Waals surface area (Å²) in [6, 6.07) is 6.71. The Morgan fingerprint density at radius 1 is 1.40 bits per heavy atom. The Morgan fingerprint density at radius 3 is 2.53 bits per heavy atom. The van der Waals surface area contributed by atoms with Gasteiger partial charge < -0.3 is 5.73 Å². The van der Waals surface area contributed by atoms with Crippen LogP contribution in [0.2, 0.25) is 0 Å². The average Bonchev–Trinajstić information content (AvgIpc) is 2.26. The Labute approximate surface area is 89.2 Å². The lowest BCUT2D eigenvalue weighted by atomic mass is 10.2. The van der Waals surface area contributed by atoms with Crippen LogP contribution < -0.4 is 11.2 Å². The van der Waals surface area contributed by atoms with Crippen LogP contribution in [0.25, 0.3) is 0 Å². The topological polar surface area (TPSA) is 67.5 Å². The van der Waals surface area contributed by atoms with E-state index in [1.165, 1.54) is 0 Å². The molecule has 0 aliphatic carbocycles. The number of hydrogen-bond donors (Lipinski definition) is 2. The highest BCUT2D eigenvalue weighted by Gasteiger charge is 2.02. The summed E-state index contributed by atoms with van der Waals surface area (Å²) in [6.07, 6.45) is 0.821. The van der Waals surface area contributed by atoms with E-state index in [2.05, 4.69) is 10.5 Å². The number of nitrogens with two attached hydrogens (primary N) is 1. The number of nitrogens with zero attached hydrogens (tertiary/aromatic N) is 1. The smallest absolute Gasteiger partial charge is 0.271 e. The van der Waals surface area contributed by atoms with Crippen molar-refractivity contribution >= 4 is 17.3 Å². The third-order valence-electron chi connectivity index (χ3n) is 2.03. The fraction of sp³-hybridized carbons (Fsp3) is 0.273. The van der Waals surface area contributed by atoms with Crippen LogP contribution in [0, 0.1) is 0 Å². The first-order chi connectivity index (χ1) is 7.13. The van der Waals surface area contributed by atoms with Crippen LogP contribution in [0.3, 0.4) is 0 Å². The first-order valence-electron chi connectivity index (χ1n) is 4.82. The lowest BCUT2D eigenvalue weighted by Crippen LogP contribution is -2.18. The molecule has 0 fully saturated rings. The van der Waals surface area contributed by atoms with E-state index < -0.39 is 0 Å². The van der Waals surface area contributed by atoms with E-state index in [9.17, 15) is 4.79 Å². The molecule has 0 aliphatic heterocycles. The molecule has 0 radical (unpaired) electrons. The van der Waals surface area contributed by atoms with Crippen LogP contribution in [0.15, 0.2) is 29.4 Å². The summed E-state index contributed by atoms with van der Waals surface area (Å²) in [5.74, 6) is -0.220. The number of nitrogens with one attached hydrogen (secondary N) is 1. The van der Waals surface area contributed by atoms with Crippen LogP contribution >= 0.6 is 0 Å². The van der Waals surface area contributed by atoms with Crippen molar-refractivity contribution in [1.29, 1.82) is 0 Å². The van der Waals surface area contributed by atoms with E-state index in [1.54, 1.807) is 24.3 Å². The predicted molar refractivity (Wildman–Crippen MR) is 61.7 cm³/mol. The second-order valence-electron chi connectivity index (χ2n) is 3.26. The van der Waals surface area contributed by atoms with E-state index in [0.717, 1.165) is 12.1 Å². The molecule has 0 saturated heterocycles. The molecule has 1 aromatic carbocycles. The molecule has 0 saturated carbocycles. The third-order valence-corrected chi connectivity index (χ3v) is 2.03. The van der Waals surface area contributed by atoms with Crippen molar-refractivity contribution in [3.8, 4) is 0 Å². The summed E-state index contributed by atoms with van der Waals surface area (Å²) >= 11 is 0. The van der Waals surface area contributed by atoms with Gasteiger partial charge in [0.1, 0.15) is 0 Å². The molecule has 4 nitrogen and oxygen atoms in total. The molecular formula is C11H15N3O. The molecule has 3 N–H and O–H groups in total. The molecule has 1 amide bonds. The third kappa shape index (κ3) is 3.42. The molecule has 0 aliphatic rings. The molecule has 0 bridgehead atoms. The predicted octanol–water partition coefficient (Wildman–Crippen LogP) is 1.78. The van der Waals surface area contributed by atoms with E-state index >= 15 is 0 Å². The maximum Gasteiger partial charge on any atom is 0.271 e. The fourth-order valence-electron chi connectivity index (χ4n) is 0.924. The van der Waals surface area contributed by atoms with E-state index in [0.29, 0.717) is 11.3 Å². The number of rotatable bonds is 3. The highest BCUT2D eigenvalue weighted by atomic mass is 16.2. The number of carbonyl (C=O) groups is 1. The van der Waals surface area contributed by atoms with Gasteiger partial charge in [0.05, 0.1) is 0 Å². The summed E-state index contributed by atoms with van der Waals surface area (Å²) in [5, 5.41) is 3.93. The summed E-state index contributed by atoms with van der Waals surface area (Å²) in [6.45, 7) is 3.84. The van der Waals surface area contributed by atoms with Crippen molar-refractivity contribution in [2.24, 2.45) is 5.10 Å². The van der Waals surface area contributed by atoms with Gasteiger partial charge in [-0.1, -0.05) is 6.92 Å². The standard InChI is InChI=1S/C11H15N3O/c1-3-8(2)13-14-11(15)9-4-6-10(12)7-5-9/h4-7H,3,12H2,1-2H3,(H,14,15)/b13-8-. The van der Waals surface area contributed by atoms with Gasteiger partial charge in [0, 0.05) is 17.0 Å². The van der Waals surface area contributed by atoms with E-state index in [4.69, 9.17) is 5.73 Å². The number of hydrazone groups is 1. The Hall–Kier alpha value is -1.84. The Morgan fingerprint density at radius 2 is 2.00 bits per heavy atom. The lowest BCUT2D eigenvalue weighted by molar-refractivity contribution is 0.0954. The van der Waals surface area contributed by atoms with Gasteiger partial charge in [-0.15, -0.1) is 0 Å². The second kappa shape index (κ2) is 5.14. The molecule has 0 atom stereocenters. The monoisotopic (exact) mass is 205 g/mol. The maximum absolute atomic E-state index is 11.5. The van der Waals surface area contributed by atoms with Crippen molar-refractivity contribution in [2.75, 3.05) is 5.73 Å². The highest BCUT2D eigenvalue weighted by molar-refractivity contribution is 5.95. The SMILES string of the molecule is CC/C(C)=N\NC(=O)c1ccc(N)cc1. The normalized spacial score (nSPS) is 11.2. The lowest BCUT2D eigenvalue weighted by Gasteiger charge is -2.01. The average molecular weight is 205 g/mol. The molecule has 0 spiro atoms. The maximum atomic E-state index is 11.5. The molecule has 1 rings (SSSR count). The molecule has 15 heavy (non-hydrogen) atoms. The number of hydrogen-bond acceptors (Lipinski definition) is 3. The fourth-order valence-corrected chi connectivity index (χ4v) is 0.924. The van der Waals surface area contributed by atoms with Gasteiger partial charge in [0.2, 0.25) is 0 Å². The molecule has 4 heteroatoms. The minimum Gasteiger partial charge on any atom is -0.399 e. The van der Waals surface area contributed by atoms with Crippen molar-refractivity contribution < 1.29 is 4.79 Å². The Kier molecular flexibility index (Phi) is 3.85. The molecule has 80 valence electrons. The number of carbonyl (C=O) groups excluding carboxylic acids is 1. The van der Waals surface area contributed by atoms with Crippen molar-refractivity contribution in [3.05, 3.63) is 29.8 Å². The van der Waals surface area contributed by atoms with Crippen LogP contribution in [0.4, 0.5) is 5.69 Å². The minimum absolute atomic E-state index is 0.220. The molecule has 1 aromatic rings. The summed E-state index contributed by atoms with van der Waals surface area (Å²) in [4.78, 5) is 11.5. The summed E-state index contributed by atoms with van der Waals surface area (Å²) in [5.41, 5.74) is 10.1. The first-order valence-corrected chi connectivity index (χ1v) is 4.82. The van der Waals surface area contributed by atoms with Gasteiger partial charge >= 0.3 is 0 Å². The number of nitrogen functional groups attached to an aromatic ring is 1. The molecule has 0 unspecified atom stereocenters. The molecule has 0 heterocycles. The van der Waals surface area contributed by atoms with Crippen LogP contribution in [-0.2, 0) is 0 Å². The van der Waals surface area contributed by atoms with E-state index in [1.807, 2.05) is 13.8 Å². The zero-order valence-corrected chi connectivity index (χ0v) is 8.95. The van der Waals surface area contributed by atoms with Crippen LogP contribution in [-0.4, -0.2) is 11.6 Å². The number of amides is 1. The van der Waals surface area contributed by atoms with E-state index in [-0.39, 0.29) is 5.91 Å². The van der Waals surface area contributed by atoms with Crippen molar-refractivity contribution in [1.82, 2.24) is 5.43 Å². The molecule has 0 aromatic heterocycles. The van der Waals surface area contributed by atoms with Gasteiger partial charge in [0.25, 0.3) is 5.91 Å². The molecular weight excluding hydrogens is 190 g/mol. The minimum atomic E-state index is -0.220. The Balaban J connectivity index is 2.66. The highest BCUT2D eigenvalue weighted by Crippen LogP contribution is 2.04. The zero-order chi connectivity index (χ0) is 11.3. The van der Waals surface area contributed by atoms with Gasteiger partial charge in [0.15, 0.2) is 0 Å². The van der Waals surface area contributed by atoms with Crippen LogP contribution in [0.5, 0.6) is 0 Å². The van der Waals surface area contributed by atoms with Gasteiger partial charge in [-0.2, -0.15) is 5.10 Å². The summed E-state index contributed by atoms with van der Waals surface area (Å²) in [7, 11) is 0. The Bertz CT molecular complexity index is 368. The van der Waals surface area contributed by atoms with Gasteiger partial charge in [-0.25, -0.2) is 5.43 Å². The van der Waals surface area contributed by atoms with Crippen LogP contribution in [0.1, 0.15) is 30.6 Å². The van der Waals surface area contributed by atoms with Crippen molar-refractivity contribution in [2.45, 2.75) is 20.3 Å². The first kappa shape index (κ1) is 11.2. The second-order valence-corrected chi connectivity index (χ2v) is 3.26. The van der Waals surface area contributed by atoms with Gasteiger partial charge in [-0.3, -0.25) is 4.79 Å². The number of benzene rings is 1. The van der Waals surface area contributed by atoms with Gasteiger partial charge in [-0.05, 0) is 37.6 Å². The largest absolute Gasteiger partial charge is 0.399 e. The summed E-state index contributed by atoms with van der Waals surface area (Å²) < 4.78 is 0. The quantitative estimate of drug-likeness (QED) is 0.448. The number of anilines is 1. The zero-order valence-electron chi connectivity index (χ0n) is 8.95.